The molecule has 0 saturated carbocycles. The number of aryl methyl sites for hydroxylation is 4. The topological polar surface area (TPSA) is 93.8 Å². The highest BCUT2D eigenvalue weighted by Crippen LogP contribution is 2.16. The molecule has 0 unspecified atom stereocenters. The third kappa shape index (κ3) is 5.78. The first-order valence-corrected chi connectivity index (χ1v) is 11.2. The highest BCUT2D eigenvalue weighted by atomic mass is 16.2. The lowest BCUT2D eigenvalue weighted by Crippen LogP contribution is -2.14. The first kappa shape index (κ1) is 23.0. The predicted octanol–water partition coefficient (Wildman–Crippen LogP) is 4.11. The summed E-state index contributed by atoms with van der Waals surface area (Å²) >= 11 is 0. The summed E-state index contributed by atoms with van der Waals surface area (Å²) < 4.78 is 3.43. The van der Waals surface area contributed by atoms with Crippen molar-refractivity contribution < 1.29 is 9.59 Å². The quantitative estimate of drug-likeness (QED) is 0.417. The summed E-state index contributed by atoms with van der Waals surface area (Å²) in [5, 5.41) is 14.5. The smallest absolute Gasteiger partial charge is 0.276 e. The van der Waals surface area contributed by atoms with E-state index in [0.29, 0.717) is 30.9 Å². The summed E-state index contributed by atoms with van der Waals surface area (Å²) in [6.07, 6.45) is 0.991. The Hall–Kier alpha value is -4.20. The molecule has 2 aromatic heterocycles. The molecule has 2 aromatic carbocycles. The van der Waals surface area contributed by atoms with Gasteiger partial charge in [-0.15, -0.1) is 0 Å². The molecule has 174 valence electrons. The van der Waals surface area contributed by atoms with Crippen molar-refractivity contribution in [3.63, 3.8) is 0 Å². The second kappa shape index (κ2) is 10.2. The number of nitrogens with one attached hydrogen (secondary N) is 2. The summed E-state index contributed by atoms with van der Waals surface area (Å²) in [5.74, 6) is 0.000743. The van der Waals surface area contributed by atoms with Crippen molar-refractivity contribution >= 4 is 23.3 Å². The fourth-order valence-electron chi connectivity index (χ4n) is 3.75. The highest BCUT2D eigenvalue weighted by molar-refractivity contribution is 6.04. The van der Waals surface area contributed by atoms with Crippen LogP contribution in [0.5, 0.6) is 0 Å². The third-order valence-corrected chi connectivity index (χ3v) is 5.48. The molecule has 0 aliphatic heterocycles. The number of anilines is 2. The van der Waals surface area contributed by atoms with Gasteiger partial charge in [0.15, 0.2) is 5.69 Å². The number of rotatable bonds is 8. The molecule has 2 N–H and O–H groups in total. The molecule has 0 saturated heterocycles. The average Bonchev–Trinajstić information content (AvgIpc) is 3.33. The van der Waals surface area contributed by atoms with Gasteiger partial charge < -0.3 is 10.6 Å². The molecule has 0 fully saturated rings. The molecule has 4 aromatic rings. The normalized spacial score (nSPS) is 10.8. The van der Waals surface area contributed by atoms with E-state index < -0.39 is 0 Å². The minimum Gasteiger partial charge on any atom is -0.321 e. The number of benzene rings is 2. The van der Waals surface area contributed by atoms with E-state index in [4.69, 9.17) is 0 Å². The minimum absolute atomic E-state index is 0.129. The number of hydrogen-bond acceptors (Lipinski definition) is 4. The van der Waals surface area contributed by atoms with Gasteiger partial charge in [-0.2, -0.15) is 10.2 Å². The lowest BCUT2D eigenvalue weighted by atomic mass is 10.1. The van der Waals surface area contributed by atoms with Crippen LogP contribution >= 0.6 is 0 Å². The van der Waals surface area contributed by atoms with Crippen LogP contribution in [0, 0.1) is 13.8 Å². The summed E-state index contributed by atoms with van der Waals surface area (Å²) in [4.78, 5) is 25.1. The molecule has 2 amide bonds. The maximum atomic E-state index is 12.8. The highest BCUT2D eigenvalue weighted by Gasteiger charge is 2.15. The van der Waals surface area contributed by atoms with Gasteiger partial charge in [0.25, 0.3) is 5.91 Å². The van der Waals surface area contributed by atoms with Gasteiger partial charge in [-0.1, -0.05) is 42.5 Å². The largest absolute Gasteiger partial charge is 0.321 e. The SMILES string of the molecule is Cc1cc(C)n(Cc2cccc(NC(=O)c3cc(NC(=O)CCc4ccccc4)n(C)n3)c2)n1. The van der Waals surface area contributed by atoms with Crippen molar-refractivity contribution in [3.8, 4) is 0 Å². The van der Waals surface area contributed by atoms with Crippen molar-refractivity contribution in [1.82, 2.24) is 19.6 Å². The first-order chi connectivity index (χ1) is 16.4. The molecular weight excluding hydrogens is 428 g/mol. The molecule has 34 heavy (non-hydrogen) atoms. The third-order valence-electron chi connectivity index (χ3n) is 5.48. The van der Waals surface area contributed by atoms with Gasteiger partial charge in [0.05, 0.1) is 12.2 Å². The molecule has 0 bridgehead atoms. The zero-order chi connectivity index (χ0) is 24.1. The van der Waals surface area contributed by atoms with Gasteiger partial charge in [-0.05, 0) is 49.6 Å². The fourth-order valence-corrected chi connectivity index (χ4v) is 3.75. The number of amides is 2. The van der Waals surface area contributed by atoms with E-state index in [1.165, 1.54) is 4.68 Å². The average molecular weight is 457 g/mol. The zero-order valence-electron chi connectivity index (χ0n) is 19.6. The zero-order valence-corrected chi connectivity index (χ0v) is 19.6. The van der Waals surface area contributed by atoms with E-state index in [1.807, 2.05) is 79.2 Å². The second-order valence-electron chi connectivity index (χ2n) is 8.31. The number of carbonyl (C=O) groups excluding carboxylic acids is 2. The Bertz CT molecular complexity index is 1310. The number of aromatic nitrogens is 4. The summed E-state index contributed by atoms with van der Waals surface area (Å²) in [6.45, 7) is 4.60. The second-order valence-corrected chi connectivity index (χ2v) is 8.31. The van der Waals surface area contributed by atoms with E-state index in [9.17, 15) is 9.59 Å². The molecular formula is C26H28N6O2. The van der Waals surface area contributed by atoms with Crippen molar-refractivity contribution in [2.24, 2.45) is 7.05 Å². The van der Waals surface area contributed by atoms with Gasteiger partial charge in [0.1, 0.15) is 5.82 Å². The van der Waals surface area contributed by atoms with E-state index >= 15 is 0 Å². The van der Waals surface area contributed by atoms with Crippen molar-refractivity contribution in [3.05, 3.63) is 94.9 Å². The maximum Gasteiger partial charge on any atom is 0.276 e. The molecule has 4 rings (SSSR count). The first-order valence-electron chi connectivity index (χ1n) is 11.2. The van der Waals surface area contributed by atoms with Crippen LogP contribution in [0.4, 0.5) is 11.5 Å². The number of carbonyl (C=O) groups is 2. The molecule has 0 spiro atoms. The van der Waals surface area contributed by atoms with Crippen LogP contribution in [0.1, 0.15) is 39.4 Å². The van der Waals surface area contributed by atoms with E-state index in [0.717, 1.165) is 22.5 Å². The molecule has 2 heterocycles. The van der Waals surface area contributed by atoms with Crippen molar-refractivity contribution in [2.75, 3.05) is 10.6 Å². The van der Waals surface area contributed by atoms with Crippen LogP contribution in [0.15, 0.2) is 66.7 Å². The van der Waals surface area contributed by atoms with Gasteiger partial charge >= 0.3 is 0 Å². The molecule has 0 aliphatic rings. The van der Waals surface area contributed by atoms with Crippen LogP contribution in [0.25, 0.3) is 0 Å². The molecule has 0 aliphatic carbocycles. The number of nitrogens with zero attached hydrogens (tertiary/aromatic N) is 4. The van der Waals surface area contributed by atoms with Crippen molar-refractivity contribution in [2.45, 2.75) is 33.2 Å². The standard InChI is InChI=1S/C26H28N6O2/c1-18-14-19(2)32(29-18)17-21-10-7-11-22(15-21)27-26(34)23-16-24(31(3)30-23)28-25(33)13-12-20-8-5-4-6-9-20/h4-11,14-16H,12-13,17H2,1-3H3,(H,27,34)(H,28,33). The lowest BCUT2D eigenvalue weighted by molar-refractivity contribution is -0.116. The van der Waals surface area contributed by atoms with Crippen molar-refractivity contribution in [1.29, 1.82) is 0 Å². The van der Waals surface area contributed by atoms with E-state index in [2.05, 4.69) is 20.8 Å². The Kier molecular flexibility index (Phi) is 6.87. The summed E-state index contributed by atoms with van der Waals surface area (Å²) in [5.41, 5.74) is 5.07. The van der Waals surface area contributed by atoms with Crippen LogP contribution in [-0.2, 0) is 24.8 Å². The van der Waals surface area contributed by atoms with Gasteiger partial charge in [-0.3, -0.25) is 19.0 Å². The maximum absolute atomic E-state index is 12.8. The number of hydrogen-bond donors (Lipinski definition) is 2. The summed E-state index contributed by atoms with van der Waals surface area (Å²) in [6, 6.07) is 21.1. The molecule has 8 nitrogen and oxygen atoms in total. The Morgan fingerprint density at radius 2 is 1.65 bits per heavy atom. The molecule has 8 heteroatoms. The molecule has 0 atom stereocenters. The Morgan fingerprint density at radius 1 is 0.882 bits per heavy atom. The Balaban J connectivity index is 1.37. The summed E-state index contributed by atoms with van der Waals surface area (Å²) in [7, 11) is 1.69. The Morgan fingerprint density at radius 3 is 2.38 bits per heavy atom. The minimum atomic E-state index is -0.344. The monoisotopic (exact) mass is 456 g/mol. The van der Waals surface area contributed by atoms with Crippen LogP contribution in [0.2, 0.25) is 0 Å². The van der Waals surface area contributed by atoms with Crippen LogP contribution in [-0.4, -0.2) is 31.4 Å². The lowest BCUT2D eigenvalue weighted by Gasteiger charge is -2.08. The predicted molar refractivity (Wildman–Crippen MR) is 132 cm³/mol. The van der Waals surface area contributed by atoms with E-state index in [1.54, 1.807) is 13.1 Å². The van der Waals surface area contributed by atoms with Gasteiger partial charge in [-0.25, -0.2) is 0 Å². The van der Waals surface area contributed by atoms with Crippen LogP contribution in [0.3, 0.4) is 0 Å². The fraction of sp³-hybridized carbons (Fsp3) is 0.231. The van der Waals surface area contributed by atoms with Gasteiger partial charge in [0.2, 0.25) is 5.91 Å². The van der Waals surface area contributed by atoms with Gasteiger partial charge in [0, 0.05) is 30.9 Å². The van der Waals surface area contributed by atoms with E-state index in [-0.39, 0.29) is 17.5 Å². The van der Waals surface area contributed by atoms with Crippen LogP contribution < -0.4 is 10.6 Å². The molecule has 0 radical (unpaired) electrons. The Labute approximate surface area is 198 Å².